The minimum Gasteiger partial charge on any atom is -0.396 e. The van der Waals surface area contributed by atoms with E-state index in [9.17, 15) is 4.39 Å². The predicted octanol–water partition coefficient (Wildman–Crippen LogP) is 3.10. The molecule has 0 fully saturated rings. The number of halogens is 1. The lowest BCUT2D eigenvalue weighted by Gasteiger charge is -2.26. The number of para-hydroxylation sites is 1. The zero-order chi connectivity index (χ0) is 15.0. The van der Waals surface area contributed by atoms with Crippen molar-refractivity contribution in [2.24, 2.45) is 0 Å². The van der Waals surface area contributed by atoms with Gasteiger partial charge >= 0.3 is 0 Å². The molecule has 1 unspecified atom stereocenters. The molecule has 0 aromatic heterocycles. The summed E-state index contributed by atoms with van der Waals surface area (Å²) in [6, 6.07) is 5.39. The molecule has 1 rings (SSSR count). The van der Waals surface area contributed by atoms with Crippen LogP contribution in [-0.4, -0.2) is 31.9 Å². The number of benzene rings is 1. The van der Waals surface area contributed by atoms with Crippen molar-refractivity contribution in [3.63, 3.8) is 0 Å². The highest BCUT2D eigenvalue weighted by Gasteiger charge is 2.16. The third-order valence-corrected chi connectivity index (χ3v) is 3.53. The number of anilines is 1. The molecule has 0 aliphatic rings. The Morgan fingerprint density at radius 2 is 2.05 bits per heavy atom. The normalized spacial score (nSPS) is 12.4. The second-order valence-electron chi connectivity index (χ2n) is 5.16. The highest BCUT2D eigenvalue weighted by atomic mass is 19.1. The zero-order valence-corrected chi connectivity index (χ0v) is 12.8. The van der Waals surface area contributed by atoms with Crippen LogP contribution in [0.15, 0.2) is 18.2 Å². The van der Waals surface area contributed by atoms with Gasteiger partial charge in [0, 0.05) is 26.2 Å². The molecule has 4 heteroatoms. The van der Waals surface area contributed by atoms with E-state index >= 15 is 0 Å². The summed E-state index contributed by atoms with van der Waals surface area (Å²) >= 11 is 0. The van der Waals surface area contributed by atoms with Crippen molar-refractivity contribution in [2.45, 2.75) is 39.2 Å². The van der Waals surface area contributed by atoms with Crippen LogP contribution in [0.4, 0.5) is 10.1 Å². The summed E-state index contributed by atoms with van der Waals surface area (Å²) in [7, 11) is 1.93. The molecular weight excluding hydrogens is 255 g/mol. The van der Waals surface area contributed by atoms with Crippen LogP contribution in [-0.2, 0) is 0 Å². The molecule has 114 valence electrons. The molecule has 0 saturated heterocycles. The van der Waals surface area contributed by atoms with E-state index in [1.54, 1.807) is 6.07 Å². The average Bonchev–Trinajstić information content (AvgIpc) is 2.43. The van der Waals surface area contributed by atoms with Gasteiger partial charge in [0.2, 0.25) is 0 Å². The smallest absolute Gasteiger partial charge is 0.146 e. The van der Waals surface area contributed by atoms with Gasteiger partial charge in [-0.25, -0.2) is 4.39 Å². The van der Waals surface area contributed by atoms with Crippen LogP contribution in [0.2, 0.25) is 0 Å². The minimum absolute atomic E-state index is 0.130. The maximum Gasteiger partial charge on any atom is 0.146 e. The first-order valence-electron chi connectivity index (χ1n) is 7.45. The molecule has 0 aliphatic carbocycles. The summed E-state index contributed by atoms with van der Waals surface area (Å²) in [5.41, 5.74) is 1.68. The lowest BCUT2D eigenvalue weighted by Crippen LogP contribution is -2.25. The van der Waals surface area contributed by atoms with Gasteiger partial charge in [-0.15, -0.1) is 0 Å². The zero-order valence-electron chi connectivity index (χ0n) is 12.8. The molecule has 2 N–H and O–H groups in total. The first-order chi connectivity index (χ1) is 9.61. The second kappa shape index (κ2) is 8.93. The molecule has 3 nitrogen and oxygen atoms in total. The van der Waals surface area contributed by atoms with Crippen LogP contribution in [0.25, 0.3) is 0 Å². The fourth-order valence-corrected chi connectivity index (χ4v) is 2.45. The number of aliphatic hydroxyl groups is 1. The van der Waals surface area contributed by atoms with Crippen molar-refractivity contribution in [2.75, 3.05) is 31.6 Å². The molecule has 0 aliphatic heterocycles. The Kier molecular flexibility index (Phi) is 7.55. The predicted molar refractivity (Wildman–Crippen MR) is 82.7 cm³/mol. The van der Waals surface area contributed by atoms with E-state index in [4.69, 9.17) is 5.11 Å². The Morgan fingerprint density at radius 1 is 1.30 bits per heavy atom. The summed E-state index contributed by atoms with van der Waals surface area (Å²) in [5.74, 6) is -0.170. The van der Waals surface area contributed by atoms with Crippen molar-refractivity contribution < 1.29 is 9.50 Å². The van der Waals surface area contributed by atoms with E-state index in [0.29, 0.717) is 5.69 Å². The van der Waals surface area contributed by atoms with E-state index in [-0.39, 0.29) is 18.5 Å². The average molecular weight is 282 g/mol. The van der Waals surface area contributed by atoms with Crippen LogP contribution < -0.4 is 10.2 Å². The fourth-order valence-electron chi connectivity index (χ4n) is 2.45. The first kappa shape index (κ1) is 16.9. The molecule has 1 aromatic rings. The van der Waals surface area contributed by atoms with Gasteiger partial charge in [0.05, 0.1) is 5.69 Å². The van der Waals surface area contributed by atoms with Crippen molar-refractivity contribution in [3.8, 4) is 0 Å². The van der Waals surface area contributed by atoms with Gasteiger partial charge in [-0.3, -0.25) is 0 Å². The Balaban J connectivity index is 2.80. The van der Waals surface area contributed by atoms with Crippen molar-refractivity contribution in [1.82, 2.24) is 5.32 Å². The Labute approximate surface area is 121 Å². The second-order valence-corrected chi connectivity index (χ2v) is 5.16. The summed E-state index contributed by atoms with van der Waals surface area (Å²) < 4.78 is 14.2. The molecule has 0 spiro atoms. The number of unbranched alkanes of at least 4 members (excludes halogenated alkanes) is 2. The molecular formula is C16H27FN2O. The highest BCUT2D eigenvalue weighted by molar-refractivity contribution is 5.55. The molecule has 20 heavy (non-hydrogen) atoms. The van der Waals surface area contributed by atoms with Gasteiger partial charge in [-0.2, -0.15) is 0 Å². The number of aliphatic hydroxyl groups excluding tert-OH is 1. The number of nitrogens with one attached hydrogen (secondary N) is 1. The third-order valence-electron chi connectivity index (χ3n) is 3.53. The van der Waals surface area contributed by atoms with E-state index in [0.717, 1.165) is 37.9 Å². The van der Waals surface area contributed by atoms with Crippen LogP contribution in [0.5, 0.6) is 0 Å². The molecule has 0 heterocycles. The molecule has 1 atom stereocenters. The summed E-state index contributed by atoms with van der Waals surface area (Å²) in [5, 5.41) is 12.1. The van der Waals surface area contributed by atoms with Crippen molar-refractivity contribution >= 4 is 5.69 Å². The monoisotopic (exact) mass is 282 g/mol. The largest absolute Gasteiger partial charge is 0.396 e. The standard InChI is InChI=1S/C16H27FN2O/c1-4-18-13(2)14-9-8-10-15(17)16(14)19(3)11-6-5-7-12-20/h8-10,13,18,20H,4-7,11-12H2,1-3H3. The van der Waals surface area contributed by atoms with Crippen LogP contribution in [0.3, 0.4) is 0 Å². The third kappa shape index (κ3) is 4.76. The first-order valence-corrected chi connectivity index (χ1v) is 7.45. The SMILES string of the molecule is CCNC(C)c1cccc(F)c1N(C)CCCCCO. The van der Waals surface area contributed by atoms with Crippen LogP contribution in [0.1, 0.15) is 44.7 Å². The minimum atomic E-state index is -0.170. The molecule has 1 aromatic carbocycles. The number of nitrogens with zero attached hydrogens (tertiary/aromatic N) is 1. The van der Waals surface area contributed by atoms with Gasteiger partial charge in [-0.1, -0.05) is 19.1 Å². The number of hydrogen-bond acceptors (Lipinski definition) is 3. The van der Waals surface area contributed by atoms with Gasteiger partial charge in [0.1, 0.15) is 5.82 Å². The molecule has 0 bridgehead atoms. The van der Waals surface area contributed by atoms with Gasteiger partial charge in [0.15, 0.2) is 0 Å². The Bertz CT molecular complexity index is 398. The van der Waals surface area contributed by atoms with E-state index in [2.05, 4.69) is 12.2 Å². The van der Waals surface area contributed by atoms with Gasteiger partial charge < -0.3 is 15.3 Å². The van der Waals surface area contributed by atoms with E-state index in [1.807, 2.05) is 24.9 Å². The Hall–Kier alpha value is -1.13. The Morgan fingerprint density at radius 3 is 2.70 bits per heavy atom. The van der Waals surface area contributed by atoms with Crippen LogP contribution >= 0.6 is 0 Å². The summed E-state index contributed by atoms with van der Waals surface area (Å²) in [4.78, 5) is 1.98. The maximum atomic E-state index is 14.2. The van der Waals surface area contributed by atoms with Gasteiger partial charge in [-0.05, 0) is 44.4 Å². The highest BCUT2D eigenvalue weighted by Crippen LogP contribution is 2.28. The lowest BCUT2D eigenvalue weighted by molar-refractivity contribution is 0.283. The lowest BCUT2D eigenvalue weighted by atomic mass is 10.0. The summed E-state index contributed by atoms with van der Waals surface area (Å²) in [6.07, 6.45) is 2.74. The molecule has 0 saturated carbocycles. The van der Waals surface area contributed by atoms with E-state index in [1.165, 1.54) is 6.07 Å². The molecule has 0 radical (unpaired) electrons. The topological polar surface area (TPSA) is 35.5 Å². The fraction of sp³-hybridized carbons (Fsp3) is 0.625. The maximum absolute atomic E-state index is 14.2. The number of rotatable bonds is 9. The van der Waals surface area contributed by atoms with Crippen molar-refractivity contribution in [3.05, 3.63) is 29.6 Å². The quantitative estimate of drug-likeness (QED) is 0.683. The van der Waals surface area contributed by atoms with Crippen molar-refractivity contribution in [1.29, 1.82) is 0 Å². The number of hydrogen-bond donors (Lipinski definition) is 2. The van der Waals surface area contributed by atoms with E-state index < -0.39 is 0 Å². The van der Waals surface area contributed by atoms with Gasteiger partial charge in [0.25, 0.3) is 0 Å². The van der Waals surface area contributed by atoms with Crippen LogP contribution in [0, 0.1) is 5.82 Å². The molecule has 0 amide bonds. The summed E-state index contributed by atoms with van der Waals surface area (Å²) in [6.45, 7) is 5.99.